The molecule has 0 spiro atoms. The summed E-state index contributed by atoms with van der Waals surface area (Å²) in [5, 5.41) is 0. The van der Waals surface area contributed by atoms with E-state index in [2.05, 4.69) is 111 Å². The van der Waals surface area contributed by atoms with Crippen LogP contribution in [0.15, 0.2) is 97.2 Å². The molecular weight excluding hydrogens is 858 g/mol. The second-order valence-electron chi connectivity index (χ2n) is 18.5. The number of ether oxygens (including phenoxy) is 2. The molecule has 0 amide bonds. The maximum absolute atomic E-state index is 12.8. The molecule has 1 N–H and O–H groups in total. The number of rotatable bonds is 47. The fourth-order valence-corrected chi connectivity index (χ4v) is 7.49. The van der Waals surface area contributed by atoms with Gasteiger partial charge in [-0.2, -0.15) is 0 Å². The highest BCUT2D eigenvalue weighted by Gasteiger charge is 2.27. The highest BCUT2D eigenvalue weighted by atomic mass is 31.2. The van der Waals surface area contributed by atoms with Crippen molar-refractivity contribution in [2.75, 3.05) is 47.5 Å². The third kappa shape index (κ3) is 52.2. The summed E-state index contributed by atoms with van der Waals surface area (Å²) in [6.07, 6.45) is 64.6. The van der Waals surface area contributed by atoms with Crippen molar-refractivity contribution in [2.24, 2.45) is 0 Å². The summed E-state index contributed by atoms with van der Waals surface area (Å²) >= 11 is 0. The van der Waals surface area contributed by atoms with E-state index in [9.17, 15) is 19.0 Å². The average Bonchev–Trinajstić information content (AvgIpc) is 3.29. The minimum Gasteiger partial charge on any atom is -0.462 e. The lowest BCUT2D eigenvalue weighted by Crippen LogP contribution is -2.37. The highest BCUT2D eigenvalue weighted by Crippen LogP contribution is 2.43. The molecule has 384 valence electrons. The van der Waals surface area contributed by atoms with Crippen LogP contribution < -0.4 is 0 Å². The number of quaternary nitrogens is 1. The molecule has 0 rings (SSSR count). The van der Waals surface area contributed by atoms with Gasteiger partial charge in [-0.15, -0.1) is 0 Å². The lowest BCUT2D eigenvalue weighted by atomic mass is 10.1. The maximum Gasteiger partial charge on any atom is 0.472 e. The molecule has 0 aromatic heterocycles. The van der Waals surface area contributed by atoms with E-state index in [0.29, 0.717) is 17.4 Å². The first-order chi connectivity index (χ1) is 32.5. The molecule has 0 radical (unpaired) electrons. The summed E-state index contributed by atoms with van der Waals surface area (Å²) in [4.78, 5) is 35.6. The Balaban J connectivity index is 4.31. The normalized spacial score (nSPS) is 14.2. The largest absolute Gasteiger partial charge is 0.472 e. The molecule has 9 nitrogen and oxygen atoms in total. The molecule has 0 saturated carbocycles. The molecule has 0 aliphatic heterocycles. The van der Waals surface area contributed by atoms with Crippen molar-refractivity contribution in [3.63, 3.8) is 0 Å². The first kappa shape index (κ1) is 63.9. The number of unbranched alkanes of at least 4 members (excludes halogenated alkanes) is 17. The van der Waals surface area contributed by atoms with Crippen molar-refractivity contribution in [2.45, 2.75) is 206 Å². The summed E-state index contributed by atoms with van der Waals surface area (Å²) < 4.78 is 34.4. The molecule has 0 saturated heterocycles. The number of esters is 2. The number of likely N-dealkylation sites (N-methyl/N-ethyl adjacent to an activating group) is 1. The number of phosphoric acid groups is 1. The Labute approximate surface area is 411 Å². The lowest BCUT2D eigenvalue weighted by molar-refractivity contribution is -0.870. The minimum absolute atomic E-state index is 0.0212. The molecule has 0 fully saturated rings. The summed E-state index contributed by atoms with van der Waals surface area (Å²) in [6.45, 7) is 4.27. The van der Waals surface area contributed by atoms with Gasteiger partial charge in [0.1, 0.15) is 19.8 Å². The highest BCUT2D eigenvalue weighted by molar-refractivity contribution is 7.47. The predicted octanol–water partition coefficient (Wildman–Crippen LogP) is 16.1. The number of hydrogen-bond donors (Lipinski definition) is 1. The van der Waals surface area contributed by atoms with Gasteiger partial charge in [-0.3, -0.25) is 18.6 Å². The van der Waals surface area contributed by atoms with Crippen molar-refractivity contribution in [3.8, 4) is 0 Å². The van der Waals surface area contributed by atoms with E-state index < -0.39 is 26.5 Å². The second-order valence-corrected chi connectivity index (χ2v) is 20.0. The van der Waals surface area contributed by atoms with Crippen molar-refractivity contribution in [1.82, 2.24) is 0 Å². The molecule has 0 aliphatic rings. The van der Waals surface area contributed by atoms with Crippen LogP contribution >= 0.6 is 7.82 Å². The van der Waals surface area contributed by atoms with Crippen LogP contribution in [0.4, 0.5) is 0 Å². The number of hydrogen-bond acceptors (Lipinski definition) is 7. The van der Waals surface area contributed by atoms with E-state index in [-0.39, 0.29) is 32.0 Å². The molecule has 0 heterocycles. The Morgan fingerprint density at radius 1 is 0.478 bits per heavy atom. The van der Waals surface area contributed by atoms with Crippen LogP contribution in [0.25, 0.3) is 0 Å². The van der Waals surface area contributed by atoms with Crippen molar-refractivity contribution in [3.05, 3.63) is 97.2 Å². The summed E-state index contributed by atoms with van der Waals surface area (Å²) in [5.74, 6) is -0.836. The van der Waals surface area contributed by atoms with Crippen LogP contribution in [0.3, 0.4) is 0 Å². The Bertz CT molecular complexity index is 1450. The van der Waals surface area contributed by atoms with Gasteiger partial charge >= 0.3 is 19.8 Å². The minimum atomic E-state index is -4.40. The van der Waals surface area contributed by atoms with Crippen LogP contribution in [-0.2, 0) is 32.7 Å². The van der Waals surface area contributed by atoms with E-state index >= 15 is 0 Å². The second kappa shape index (κ2) is 48.0. The molecule has 67 heavy (non-hydrogen) atoms. The number of nitrogens with zero attached hydrogens (tertiary/aromatic N) is 1. The van der Waals surface area contributed by atoms with Gasteiger partial charge in [0.05, 0.1) is 27.7 Å². The average molecular weight is 957 g/mol. The predicted molar refractivity (Wildman–Crippen MR) is 284 cm³/mol. The maximum atomic E-state index is 12.8. The third-order valence-electron chi connectivity index (χ3n) is 10.8. The lowest BCUT2D eigenvalue weighted by Gasteiger charge is -2.24. The molecule has 0 aromatic rings. The van der Waals surface area contributed by atoms with Gasteiger partial charge in [-0.25, -0.2) is 4.57 Å². The summed E-state index contributed by atoms with van der Waals surface area (Å²) in [6, 6.07) is 0. The zero-order valence-corrected chi connectivity index (χ0v) is 44.2. The number of phosphoric ester groups is 1. The zero-order chi connectivity index (χ0) is 49.2. The zero-order valence-electron chi connectivity index (χ0n) is 43.3. The molecule has 0 bridgehead atoms. The smallest absolute Gasteiger partial charge is 0.462 e. The Morgan fingerprint density at radius 2 is 0.851 bits per heavy atom. The van der Waals surface area contributed by atoms with E-state index in [1.807, 2.05) is 21.1 Å². The van der Waals surface area contributed by atoms with Gasteiger partial charge in [0.15, 0.2) is 6.10 Å². The topological polar surface area (TPSA) is 108 Å². The SMILES string of the molecule is CC/C=C\C/C=C\C/C=C\C/C=C\C/C=C\C/C=C\C/C=C\CCCCCCCC(=O)OC(COC(=O)CCCCCCC/C=C\CCCCCCCCC)COP(=O)(O)OCC[N+](C)(C)C. The molecule has 0 aliphatic carbocycles. The van der Waals surface area contributed by atoms with E-state index in [0.717, 1.165) is 116 Å². The van der Waals surface area contributed by atoms with E-state index in [1.54, 1.807) is 0 Å². The Kier molecular flexibility index (Phi) is 45.8. The molecule has 10 heteroatoms. The number of carbonyl (C=O) groups is 2. The number of allylic oxidation sites excluding steroid dienone is 16. The Hall–Kier alpha value is -3.07. The van der Waals surface area contributed by atoms with Crippen LogP contribution in [-0.4, -0.2) is 74.9 Å². The van der Waals surface area contributed by atoms with Crippen molar-refractivity contribution >= 4 is 19.8 Å². The summed E-state index contributed by atoms with van der Waals surface area (Å²) in [5.41, 5.74) is 0. The van der Waals surface area contributed by atoms with Crippen molar-refractivity contribution in [1.29, 1.82) is 0 Å². The third-order valence-corrected chi connectivity index (χ3v) is 11.8. The first-order valence-electron chi connectivity index (χ1n) is 26.5. The fraction of sp³-hybridized carbons (Fsp3) is 0.684. The molecule has 0 aromatic carbocycles. The number of carbonyl (C=O) groups excluding carboxylic acids is 2. The molecule has 2 unspecified atom stereocenters. The van der Waals surface area contributed by atoms with Gasteiger partial charge in [0, 0.05) is 12.8 Å². The molecule has 2 atom stereocenters. The quantitative estimate of drug-likeness (QED) is 0.0211. The van der Waals surface area contributed by atoms with Gasteiger partial charge in [-0.05, 0) is 96.3 Å². The van der Waals surface area contributed by atoms with E-state index in [1.165, 1.54) is 51.4 Å². The van der Waals surface area contributed by atoms with Crippen LogP contribution in [0.1, 0.15) is 200 Å². The fourth-order valence-electron chi connectivity index (χ4n) is 6.75. The van der Waals surface area contributed by atoms with Gasteiger partial charge < -0.3 is 18.9 Å². The monoisotopic (exact) mass is 957 g/mol. The van der Waals surface area contributed by atoms with E-state index in [4.69, 9.17) is 18.5 Å². The Morgan fingerprint density at radius 3 is 1.28 bits per heavy atom. The summed E-state index contributed by atoms with van der Waals surface area (Å²) in [7, 11) is 1.44. The van der Waals surface area contributed by atoms with Crippen LogP contribution in [0, 0.1) is 0 Å². The van der Waals surface area contributed by atoms with Gasteiger partial charge in [0.25, 0.3) is 0 Å². The first-order valence-corrected chi connectivity index (χ1v) is 28.0. The van der Waals surface area contributed by atoms with Crippen LogP contribution in [0.2, 0.25) is 0 Å². The van der Waals surface area contributed by atoms with Gasteiger partial charge in [-0.1, -0.05) is 188 Å². The van der Waals surface area contributed by atoms with Gasteiger partial charge in [0.2, 0.25) is 0 Å². The standard InChI is InChI=1S/C57H98NO8P/c1-6-8-10-12-14-16-18-20-22-24-25-26-27-28-29-30-31-32-33-34-36-38-40-42-44-46-48-50-57(60)66-55(54-65-67(61,62)64-52-51-58(3,4)5)53-63-56(59)49-47-45-43-41-39-37-35-23-21-19-17-15-13-11-9-7-2/h8,10,14,16,20,22-23,25-26,28-29,31-32,34-36,55H,6-7,9,11-13,15,17-19,21,24,27,30,33,37-54H2,1-5H3/p+1/b10-8-,16-14-,22-20-,26-25-,29-28-,32-31-,35-23-,36-34-. The molecular formula is C57H99NO8P+. The van der Waals surface area contributed by atoms with Crippen LogP contribution in [0.5, 0.6) is 0 Å². The van der Waals surface area contributed by atoms with Crippen molar-refractivity contribution < 1.29 is 42.1 Å².